The molecule has 0 aliphatic rings. The molecule has 2 N–H and O–H groups in total. The van der Waals surface area contributed by atoms with Crippen LogP contribution in [0.25, 0.3) is 21.8 Å². The normalized spacial score (nSPS) is 10.4. The Kier molecular flexibility index (Phi) is 3.39. The molecular formula is C16H14N2OS. The molecule has 3 nitrogen and oxygen atoms in total. The van der Waals surface area contributed by atoms with Crippen LogP contribution < -0.4 is 10.5 Å². The van der Waals surface area contributed by atoms with Gasteiger partial charge >= 0.3 is 0 Å². The zero-order valence-corrected chi connectivity index (χ0v) is 11.9. The summed E-state index contributed by atoms with van der Waals surface area (Å²) in [7, 11) is 1.67. The average molecular weight is 282 g/mol. The molecule has 0 unspecified atom stereocenters. The van der Waals surface area contributed by atoms with Crippen molar-refractivity contribution >= 4 is 17.0 Å². The van der Waals surface area contributed by atoms with Gasteiger partial charge in [-0.15, -0.1) is 11.3 Å². The number of methoxy groups -OCH3 is 1. The number of anilines is 1. The van der Waals surface area contributed by atoms with Crippen molar-refractivity contribution in [2.75, 3.05) is 12.8 Å². The number of hydrogen-bond acceptors (Lipinski definition) is 4. The fraction of sp³-hybridized carbons (Fsp3) is 0.0625. The summed E-state index contributed by atoms with van der Waals surface area (Å²) in [6.45, 7) is 0. The van der Waals surface area contributed by atoms with E-state index in [4.69, 9.17) is 10.5 Å². The van der Waals surface area contributed by atoms with E-state index in [-0.39, 0.29) is 0 Å². The van der Waals surface area contributed by atoms with Crippen LogP contribution in [-0.4, -0.2) is 12.1 Å². The fourth-order valence-corrected chi connectivity index (χ4v) is 2.78. The summed E-state index contributed by atoms with van der Waals surface area (Å²) in [6, 6.07) is 15.7. The highest BCUT2D eigenvalue weighted by Crippen LogP contribution is 2.30. The summed E-state index contributed by atoms with van der Waals surface area (Å²) in [5, 5.41) is 3.04. The topological polar surface area (TPSA) is 48.1 Å². The Morgan fingerprint density at radius 1 is 1.05 bits per heavy atom. The van der Waals surface area contributed by atoms with Crippen LogP contribution in [0.2, 0.25) is 0 Å². The number of ether oxygens (including phenoxy) is 1. The molecule has 0 radical (unpaired) electrons. The summed E-state index contributed by atoms with van der Waals surface area (Å²) < 4.78 is 5.24. The van der Waals surface area contributed by atoms with Crippen LogP contribution >= 0.6 is 11.3 Å². The molecule has 3 rings (SSSR count). The molecule has 4 heteroatoms. The number of nitrogens with zero attached hydrogens (tertiary/aromatic N) is 1. The van der Waals surface area contributed by atoms with Gasteiger partial charge in [-0.25, -0.2) is 4.98 Å². The molecule has 0 atom stereocenters. The van der Waals surface area contributed by atoms with E-state index in [1.54, 1.807) is 18.4 Å². The molecule has 2 aromatic carbocycles. The summed E-state index contributed by atoms with van der Waals surface area (Å²) in [5.74, 6) is 0.838. The molecule has 3 aromatic rings. The predicted octanol–water partition coefficient (Wildman–Crippen LogP) is 4.07. The molecular weight excluding hydrogens is 268 g/mol. The molecule has 1 aromatic heterocycles. The minimum Gasteiger partial charge on any atom is -0.497 e. The van der Waals surface area contributed by atoms with E-state index in [0.717, 1.165) is 33.3 Å². The lowest BCUT2D eigenvalue weighted by molar-refractivity contribution is 0.415. The number of hydrogen-bond donors (Lipinski definition) is 1. The van der Waals surface area contributed by atoms with E-state index < -0.39 is 0 Å². The van der Waals surface area contributed by atoms with E-state index in [1.165, 1.54) is 0 Å². The molecule has 0 amide bonds. The smallest absolute Gasteiger partial charge is 0.124 e. The van der Waals surface area contributed by atoms with Gasteiger partial charge in [-0.2, -0.15) is 0 Å². The van der Waals surface area contributed by atoms with Crippen LogP contribution in [0, 0.1) is 0 Å². The Bertz CT molecular complexity index is 719. The maximum atomic E-state index is 5.70. The third kappa shape index (κ3) is 2.51. The largest absolute Gasteiger partial charge is 0.497 e. The van der Waals surface area contributed by atoms with Crippen molar-refractivity contribution in [1.82, 2.24) is 4.98 Å². The Morgan fingerprint density at radius 3 is 2.60 bits per heavy atom. The van der Waals surface area contributed by atoms with Gasteiger partial charge in [-0.1, -0.05) is 12.1 Å². The first kappa shape index (κ1) is 12.7. The monoisotopic (exact) mass is 282 g/mol. The maximum absolute atomic E-state index is 5.70. The van der Waals surface area contributed by atoms with Crippen molar-refractivity contribution in [2.24, 2.45) is 0 Å². The van der Waals surface area contributed by atoms with Crippen molar-refractivity contribution in [2.45, 2.75) is 0 Å². The molecule has 0 spiro atoms. The third-order valence-corrected chi connectivity index (χ3v) is 3.92. The van der Waals surface area contributed by atoms with Crippen molar-refractivity contribution < 1.29 is 4.74 Å². The van der Waals surface area contributed by atoms with Gasteiger partial charge in [0.1, 0.15) is 10.8 Å². The number of benzene rings is 2. The summed E-state index contributed by atoms with van der Waals surface area (Å²) in [6.07, 6.45) is 0. The van der Waals surface area contributed by atoms with Crippen LogP contribution in [-0.2, 0) is 0 Å². The molecule has 0 bridgehead atoms. The first-order valence-corrected chi connectivity index (χ1v) is 7.10. The highest BCUT2D eigenvalue weighted by Gasteiger charge is 2.07. The second-order valence-electron chi connectivity index (χ2n) is 4.39. The summed E-state index contributed by atoms with van der Waals surface area (Å²) >= 11 is 1.62. The first-order valence-electron chi connectivity index (χ1n) is 6.22. The molecule has 0 saturated heterocycles. The van der Waals surface area contributed by atoms with E-state index in [9.17, 15) is 0 Å². The van der Waals surface area contributed by atoms with Gasteiger partial charge in [0.05, 0.1) is 12.8 Å². The molecule has 1 heterocycles. The zero-order valence-electron chi connectivity index (χ0n) is 11.0. The number of rotatable bonds is 3. The van der Waals surface area contributed by atoms with E-state index in [1.807, 2.05) is 48.5 Å². The van der Waals surface area contributed by atoms with Gasteiger partial charge in [0.15, 0.2) is 0 Å². The van der Waals surface area contributed by atoms with Gasteiger partial charge in [-0.3, -0.25) is 0 Å². The summed E-state index contributed by atoms with van der Waals surface area (Å²) in [4.78, 5) is 4.68. The van der Waals surface area contributed by atoms with Gasteiger partial charge in [0.25, 0.3) is 0 Å². The van der Waals surface area contributed by atoms with Gasteiger partial charge in [0, 0.05) is 22.2 Å². The van der Waals surface area contributed by atoms with Crippen molar-refractivity contribution in [3.63, 3.8) is 0 Å². The lowest BCUT2D eigenvalue weighted by Crippen LogP contribution is -1.85. The van der Waals surface area contributed by atoms with Gasteiger partial charge in [0.2, 0.25) is 0 Å². The Hall–Kier alpha value is -2.33. The van der Waals surface area contributed by atoms with Gasteiger partial charge < -0.3 is 10.5 Å². The lowest BCUT2D eigenvalue weighted by Gasteiger charge is -2.01. The average Bonchev–Trinajstić information content (AvgIpc) is 2.98. The SMILES string of the molecule is COc1cccc(-c2csc(-c3ccc(N)cc3)n2)c1. The molecule has 20 heavy (non-hydrogen) atoms. The maximum Gasteiger partial charge on any atom is 0.124 e. The Balaban J connectivity index is 1.95. The second kappa shape index (κ2) is 5.35. The fourth-order valence-electron chi connectivity index (χ4n) is 1.95. The highest BCUT2D eigenvalue weighted by atomic mass is 32.1. The van der Waals surface area contributed by atoms with Crippen molar-refractivity contribution in [1.29, 1.82) is 0 Å². The number of thiazole rings is 1. The molecule has 0 saturated carbocycles. The van der Waals surface area contributed by atoms with Crippen molar-refractivity contribution in [3.05, 3.63) is 53.9 Å². The molecule has 0 fully saturated rings. The summed E-state index contributed by atoms with van der Waals surface area (Å²) in [5.41, 5.74) is 9.56. The van der Waals surface area contributed by atoms with Crippen LogP contribution in [0.3, 0.4) is 0 Å². The van der Waals surface area contributed by atoms with Crippen LogP contribution in [0.15, 0.2) is 53.9 Å². The number of nitrogens with two attached hydrogens (primary N) is 1. The van der Waals surface area contributed by atoms with Crippen molar-refractivity contribution in [3.8, 4) is 27.6 Å². The zero-order chi connectivity index (χ0) is 13.9. The molecule has 0 aliphatic carbocycles. The van der Waals surface area contributed by atoms with Gasteiger partial charge in [-0.05, 0) is 36.4 Å². The first-order chi connectivity index (χ1) is 9.76. The predicted molar refractivity (Wildman–Crippen MR) is 84.0 cm³/mol. The van der Waals surface area contributed by atoms with Crippen LogP contribution in [0.1, 0.15) is 0 Å². The standard InChI is InChI=1S/C16H14N2OS/c1-19-14-4-2-3-12(9-14)15-10-20-16(18-15)11-5-7-13(17)8-6-11/h2-10H,17H2,1H3. The minimum absolute atomic E-state index is 0.762. The van der Waals surface area contributed by atoms with E-state index in [0.29, 0.717) is 0 Å². The van der Waals surface area contributed by atoms with Crippen LogP contribution in [0.5, 0.6) is 5.75 Å². The highest BCUT2D eigenvalue weighted by molar-refractivity contribution is 7.13. The quantitative estimate of drug-likeness (QED) is 0.737. The third-order valence-electron chi connectivity index (χ3n) is 3.03. The molecule has 100 valence electrons. The Labute approximate surface area is 121 Å². The lowest BCUT2D eigenvalue weighted by atomic mass is 10.1. The van der Waals surface area contributed by atoms with Crippen LogP contribution in [0.4, 0.5) is 5.69 Å². The Morgan fingerprint density at radius 2 is 1.85 bits per heavy atom. The van der Waals surface area contributed by atoms with E-state index in [2.05, 4.69) is 10.4 Å². The number of aromatic nitrogens is 1. The number of nitrogen functional groups attached to an aromatic ring is 1. The molecule has 0 aliphatic heterocycles. The minimum atomic E-state index is 0.762. The second-order valence-corrected chi connectivity index (χ2v) is 5.25. The van der Waals surface area contributed by atoms with E-state index >= 15 is 0 Å².